The highest BCUT2D eigenvalue weighted by molar-refractivity contribution is 9.10. The fourth-order valence-corrected chi connectivity index (χ4v) is 4.14. The lowest BCUT2D eigenvalue weighted by molar-refractivity contribution is -0.120. The Morgan fingerprint density at radius 2 is 1.48 bits per heavy atom. The van der Waals surface area contributed by atoms with Crippen LogP contribution in [0.25, 0.3) is 0 Å². The standard InChI is InChI=1S/C23H17BrN2O2S/c1-15-7-13-18(14-8-15)26-22(27)20(25-17-11-9-16(24)10-12-17)21(23(26)28)29-19-5-3-2-4-6-19/h2-14,25H,1H3. The Morgan fingerprint density at radius 1 is 0.828 bits per heavy atom. The quantitative estimate of drug-likeness (QED) is 0.488. The van der Waals surface area contributed by atoms with Gasteiger partial charge in [0.2, 0.25) is 0 Å². The molecule has 1 aliphatic heterocycles. The van der Waals surface area contributed by atoms with Crippen LogP contribution in [-0.2, 0) is 9.59 Å². The van der Waals surface area contributed by atoms with Crippen molar-refractivity contribution < 1.29 is 9.59 Å². The van der Waals surface area contributed by atoms with Gasteiger partial charge < -0.3 is 5.32 Å². The topological polar surface area (TPSA) is 49.4 Å². The molecule has 0 atom stereocenters. The lowest BCUT2D eigenvalue weighted by Gasteiger charge is -2.15. The van der Waals surface area contributed by atoms with E-state index in [-0.39, 0.29) is 17.5 Å². The van der Waals surface area contributed by atoms with E-state index in [9.17, 15) is 9.59 Å². The minimum absolute atomic E-state index is 0.284. The molecule has 0 bridgehead atoms. The summed E-state index contributed by atoms with van der Waals surface area (Å²) in [7, 11) is 0. The first kappa shape index (κ1) is 19.5. The van der Waals surface area contributed by atoms with E-state index in [0.717, 1.165) is 20.6 Å². The summed E-state index contributed by atoms with van der Waals surface area (Å²) in [5.41, 5.74) is 2.64. The number of thioether (sulfide) groups is 1. The van der Waals surface area contributed by atoms with Crippen LogP contribution in [-0.4, -0.2) is 11.8 Å². The first-order valence-corrected chi connectivity index (χ1v) is 10.6. The molecule has 0 radical (unpaired) electrons. The van der Waals surface area contributed by atoms with Gasteiger partial charge in [0.25, 0.3) is 11.8 Å². The van der Waals surface area contributed by atoms with E-state index in [2.05, 4.69) is 21.2 Å². The van der Waals surface area contributed by atoms with E-state index >= 15 is 0 Å². The van der Waals surface area contributed by atoms with Crippen molar-refractivity contribution in [3.63, 3.8) is 0 Å². The summed E-state index contributed by atoms with van der Waals surface area (Å²) in [6.45, 7) is 1.97. The van der Waals surface area contributed by atoms with Gasteiger partial charge in [-0.1, -0.05) is 63.6 Å². The predicted octanol–water partition coefficient (Wildman–Crippen LogP) is 5.75. The molecule has 3 aromatic carbocycles. The van der Waals surface area contributed by atoms with Crippen molar-refractivity contribution in [2.24, 2.45) is 0 Å². The molecule has 1 heterocycles. The van der Waals surface area contributed by atoms with E-state index in [4.69, 9.17) is 0 Å². The smallest absolute Gasteiger partial charge is 0.283 e. The van der Waals surface area contributed by atoms with Crippen LogP contribution >= 0.6 is 27.7 Å². The van der Waals surface area contributed by atoms with Crippen LogP contribution in [0.3, 0.4) is 0 Å². The van der Waals surface area contributed by atoms with Crippen molar-refractivity contribution in [2.75, 3.05) is 10.2 Å². The van der Waals surface area contributed by atoms with Crippen LogP contribution in [0.4, 0.5) is 11.4 Å². The lowest BCUT2D eigenvalue weighted by atomic mass is 10.2. The number of carbonyl (C=O) groups is 2. The molecule has 4 nitrogen and oxygen atoms in total. The van der Waals surface area contributed by atoms with Crippen LogP contribution in [0.2, 0.25) is 0 Å². The van der Waals surface area contributed by atoms with Crippen molar-refractivity contribution in [2.45, 2.75) is 11.8 Å². The van der Waals surface area contributed by atoms with Gasteiger partial charge in [-0.25, -0.2) is 4.90 Å². The fourth-order valence-electron chi connectivity index (χ4n) is 2.93. The molecule has 6 heteroatoms. The molecule has 1 N–H and O–H groups in total. The van der Waals surface area contributed by atoms with E-state index in [1.54, 1.807) is 12.1 Å². The highest BCUT2D eigenvalue weighted by Gasteiger charge is 2.40. The number of nitrogens with one attached hydrogen (secondary N) is 1. The normalized spacial score (nSPS) is 13.9. The van der Waals surface area contributed by atoms with Crippen LogP contribution in [0.5, 0.6) is 0 Å². The van der Waals surface area contributed by atoms with Gasteiger partial charge in [-0.15, -0.1) is 0 Å². The van der Waals surface area contributed by atoms with Crippen LogP contribution in [0.1, 0.15) is 5.56 Å². The Morgan fingerprint density at radius 3 is 2.14 bits per heavy atom. The molecule has 0 saturated heterocycles. The second-order valence-electron chi connectivity index (χ2n) is 6.53. The summed E-state index contributed by atoms with van der Waals surface area (Å²) < 4.78 is 0.936. The molecule has 0 aliphatic carbocycles. The Hall–Kier alpha value is -2.83. The van der Waals surface area contributed by atoms with Crippen LogP contribution < -0.4 is 10.2 Å². The summed E-state index contributed by atoms with van der Waals surface area (Å²) in [5.74, 6) is -0.687. The molecule has 2 amide bonds. The average molecular weight is 465 g/mol. The van der Waals surface area contributed by atoms with Gasteiger partial charge in [-0.05, 0) is 55.5 Å². The summed E-state index contributed by atoms with van der Waals surface area (Å²) in [6, 6.07) is 24.4. The Bertz CT molecular complexity index is 1090. The largest absolute Gasteiger partial charge is 0.350 e. The number of rotatable bonds is 5. The summed E-state index contributed by atoms with van der Waals surface area (Å²) in [6.07, 6.45) is 0. The number of amides is 2. The molecule has 0 aromatic heterocycles. The van der Waals surface area contributed by atoms with Crippen LogP contribution in [0.15, 0.2) is 98.8 Å². The van der Waals surface area contributed by atoms with Crippen molar-refractivity contribution >= 4 is 50.9 Å². The SMILES string of the molecule is Cc1ccc(N2C(=O)C(Nc3ccc(Br)cc3)=C(Sc3ccccc3)C2=O)cc1. The molecule has 29 heavy (non-hydrogen) atoms. The number of carbonyl (C=O) groups excluding carboxylic acids is 2. The molecular formula is C23H17BrN2O2S. The first-order chi connectivity index (χ1) is 14.0. The zero-order chi connectivity index (χ0) is 20.4. The summed E-state index contributed by atoms with van der Waals surface area (Å²) in [5, 5.41) is 3.16. The monoisotopic (exact) mass is 464 g/mol. The number of hydrogen-bond acceptors (Lipinski definition) is 4. The van der Waals surface area contributed by atoms with Gasteiger partial charge in [0.15, 0.2) is 0 Å². The predicted molar refractivity (Wildman–Crippen MR) is 121 cm³/mol. The third kappa shape index (κ3) is 4.13. The van der Waals surface area contributed by atoms with E-state index in [0.29, 0.717) is 10.6 Å². The van der Waals surface area contributed by atoms with Crippen molar-refractivity contribution in [3.8, 4) is 0 Å². The molecule has 144 valence electrons. The highest BCUT2D eigenvalue weighted by atomic mass is 79.9. The van der Waals surface area contributed by atoms with Gasteiger partial charge >= 0.3 is 0 Å². The van der Waals surface area contributed by atoms with E-state index < -0.39 is 0 Å². The van der Waals surface area contributed by atoms with Crippen molar-refractivity contribution in [1.82, 2.24) is 0 Å². The van der Waals surface area contributed by atoms with Crippen molar-refractivity contribution in [1.29, 1.82) is 0 Å². The number of anilines is 2. The second kappa shape index (κ2) is 8.27. The van der Waals surface area contributed by atoms with E-state index in [1.807, 2.05) is 73.7 Å². The Labute approximate surface area is 181 Å². The maximum absolute atomic E-state index is 13.2. The maximum Gasteiger partial charge on any atom is 0.283 e. The zero-order valence-electron chi connectivity index (χ0n) is 15.6. The molecular weight excluding hydrogens is 448 g/mol. The van der Waals surface area contributed by atoms with Gasteiger partial charge in [0.1, 0.15) is 10.6 Å². The van der Waals surface area contributed by atoms with Crippen LogP contribution in [0, 0.1) is 6.92 Å². The van der Waals surface area contributed by atoms with Crippen molar-refractivity contribution in [3.05, 3.63) is 99.5 Å². The van der Waals surface area contributed by atoms with Gasteiger partial charge in [0, 0.05) is 15.1 Å². The minimum Gasteiger partial charge on any atom is -0.350 e. The number of halogens is 1. The molecule has 4 rings (SSSR count). The first-order valence-electron chi connectivity index (χ1n) is 8.98. The summed E-state index contributed by atoms with van der Waals surface area (Å²) in [4.78, 5) is 29.0. The number of nitrogens with zero attached hydrogens (tertiary/aromatic N) is 1. The minimum atomic E-state index is -0.361. The molecule has 1 aliphatic rings. The van der Waals surface area contributed by atoms with Gasteiger partial charge in [0.05, 0.1) is 5.69 Å². The van der Waals surface area contributed by atoms with Gasteiger partial charge in [-0.2, -0.15) is 0 Å². The van der Waals surface area contributed by atoms with Gasteiger partial charge in [-0.3, -0.25) is 9.59 Å². The molecule has 3 aromatic rings. The number of aryl methyl sites for hydroxylation is 1. The summed E-state index contributed by atoms with van der Waals surface area (Å²) >= 11 is 4.70. The molecule has 0 unspecified atom stereocenters. The molecule has 0 spiro atoms. The third-order valence-corrected chi connectivity index (χ3v) is 6.03. The van der Waals surface area contributed by atoms with E-state index in [1.165, 1.54) is 16.7 Å². The lowest BCUT2D eigenvalue weighted by Crippen LogP contribution is -2.32. The maximum atomic E-state index is 13.2. The fraction of sp³-hybridized carbons (Fsp3) is 0.0435. The number of hydrogen-bond donors (Lipinski definition) is 1. The second-order valence-corrected chi connectivity index (χ2v) is 8.53. The Balaban J connectivity index is 1.73. The zero-order valence-corrected chi connectivity index (χ0v) is 18.0. The molecule has 0 fully saturated rings. The molecule has 0 saturated carbocycles. The third-order valence-electron chi connectivity index (χ3n) is 4.41. The number of benzene rings is 3. The highest BCUT2D eigenvalue weighted by Crippen LogP contribution is 2.37. The number of imide groups is 1. The Kier molecular flexibility index (Phi) is 5.56. The average Bonchev–Trinajstić information content (AvgIpc) is 2.95.